The highest BCUT2D eigenvalue weighted by molar-refractivity contribution is 9.10. The Morgan fingerprint density at radius 1 is 1.17 bits per heavy atom. The maximum Gasteiger partial charge on any atom is 0.308 e. The van der Waals surface area contributed by atoms with Gasteiger partial charge in [0.2, 0.25) is 0 Å². The molecule has 8 heteroatoms. The van der Waals surface area contributed by atoms with Gasteiger partial charge in [-0.1, -0.05) is 34.1 Å². The number of esters is 1. The number of hydrogen-bond donors (Lipinski definition) is 0. The number of rotatable bonds is 6. The Balaban J connectivity index is 1.83. The molecule has 2 aromatic carbocycles. The van der Waals surface area contributed by atoms with Crippen LogP contribution in [-0.2, 0) is 16.1 Å². The van der Waals surface area contributed by atoms with E-state index in [1.807, 2.05) is 31.2 Å². The van der Waals surface area contributed by atoms with E-state index in [9.17, 15) is 14.4 Å². The first kappa shape index (κ1) is 21.1. The third-order valence-corrected chi connectivity index (χ3v) is 5.32. The number of amides is 2. The molecule has 1 saturated heterocycles. The second kappa shape index (κ2) is 9.28. The Hall–Kier alpha value is -2.58. The Morgan fingerprint density at radius 2 is 1.97 bits per heavy atom. The molecule has 2 aromatic rings. The van der Waals surface area contributed by atoms with Crippen molar-refractivity contribution in [2.24, 2.45) is 0 Å². The monoisotopic (exact) mass is 475 g/mol. The zero-order chi connectivity index (χ0) is 21.0. The topological polar surface area (TPSA) is 72.9 Å². The van der Waals surface area contributed by atoms with Crippen molar-refractivity contribution in [3.8, 4) is 11.5 Å². The van der Waals surface area contributed by atoms with Gasteiger partial charge in [-0.3, -0.25) is 19.3 Å². The molecule has 0 N–H and O–H groups in total. The highest BCUT2D eigenvalue weighted by atomic mass is 79.9. The molecule has 0 saturated carbocycles. The summed E-state index contributed by atoms with van der Waals surface area (Å²) in [5.41, 5.74) is 1.52. The normalized spacial score (nSPS) is 15.1. The lowest BCUT2D eigenvalue weighted by Gasteiger charge is -2.12. The van der Waals surface area contributed by atoms with Gasteiger partial charge in [0.1, 0.15) is 0 Å². The summed E-state index contributed by atoms with van der Waals surface area (Å²) in [6, 6.07) is 12.4. The molecule has 2 amide bonds. The molecule has 1 fully saturated rings. The molecule has 0 aliphatic carbocycles. The van der Waals surface area contributed by atoms with Crippen LogP contribution in [0.1, 0.15) is 25.0 Å². The van der Waals surface area contributed by atoms with Gasteiger partial charge in [-0.05, 0) is 60.2 Å². The van der Waals surface area contributed by atoms with Gasteiger partial charge in [0.05, 0.1) is 18.1 Å². The highest BCUT2D eigenvalue weighted by Gasteiger charge is 2.35. The van der Waals surface area contributed by atoms with Crippen LogP contribution >= 0.6 is 27.7 Å². The van der Waals surface area contributed by atoms with Crippen LogP contribution in [0.5, 0.6) is 11.5 Å². The van der Waals surface area contributed by atoms with Gasteiger partial charge in [0, 0.05) is 11.4 Å². The Bertz CT molecular complexity index is 1000. The van der Waals surface area contributed by atoms with Gasteiger partial charge in [0.15, 0.2) is 11.5 Å². The van der Waals surface area contributed by atoms with Gasteiger partial charge < -0.3 is 9.47 Å². The molecule has 1 heterocycles. The number of ether oxygens (including phenoxy) is 2. The Kier molecular flexibility index (Phi) is 6.76. The average molecular weight is 476 g/mol. The molecular formula is C21H18BrNO5S. The summed E-state index contributed by atoms with van der Waals surface area (Å²) in [6.07, 6.45) is 1.63. The number of carbonyl (C=O) groups is 3. The van der Waals surface area contributed by atoms with Crippen molar-refractivity contribution in [2.45, 2.75) is 20.4 Å². The maximum atomic E-state index is 12.7. The number of hydrogen-bond acceptors (Lipinski definition) is 6. The third kappa shape index (κ3) is 5.27. The van der Waals surface area contributed by atoms with Crippen molar-refractivity contribution in [3.05, 3.63) is 63.0 Å². The fourth-order valence-corrected chi connectivity index (χ4v) is 4.01. The number of imide groups is 1. The van der Waals surface area contributed by atoms with Gasteiger partial charge in [0.25, 0.3) is 11.1 Å². The molecule has 29 heavy (non-hydrogen) atoms. The maximum absolute atomic E-state index is 12.7. The van der Waals surface area contributed by atoms with E-state index in [4.69, 9.17) is 9.47 Å². The van der Waals surface area contributed by atoms with E-state index < -0.39 is 5.97 Å². The van der Waals surface area contributed by atoms with E-state index in [-0.39, 0.29) is 17.7 Å². The number of thioether (sulfide) groups is 1. The quantitative estimate of drug-likeness (QED) is 0.332. The fourth-order valence-electron chi connectivity index (χ4n) is 2.73. The standard InChI is InChI=1S/C21H18BrNO5S/c1-3-27-18-10-14(7-8-17(18)28-13(2)24)11-19-20(25)23(21(26)29-19)12-15-5-4-6-16(22)9-15/h4-11H,3,12H2,1-2H3/b19-11+. The van der Waals surface area contributed by atoms with Crippen LogP contribution < -0.4 is 9.47 Å². The smallest absolute Gasteiger partial charge is 0.308 e. The van der Waals surface area contributed by atoms with Crippen LogP contribution in [0, 0.1) is 0 Å². The van der Waals surface area contributed by atoms with Crippen LogP contribution in [0.3, 0.4) is 0 Å². The van der Waals surface area contributed by atoms with E-state index in [1.54, 1.807) is 24.3 Å². The second-order valence-electron chi connectivity index (χ2n) is 6.13. The van der Waals surface area contributed by atoms with E-state index in [1.165, 1.54) is 11.8 Å². The van der Waals surface area contributed by atoms with E-state index in [0.717, 1.165) is 21.8 Å². The lowest BCUT2D eigenvalue weighted by atomic mass is 10.1. The minimum Gasteiger partial charge on any atom is -0.490 e. The predicted octanol–water partition coefficient (Wildman–Crippen LogP) is 5.01. The number of carbonyl (C=O) groups excluding carboxylic acids is 3. The fraction of sp³-hybridized carbons (Fsp3) is 0.190. The van der Waals surface area contributed by atoms with Gasteiger partial charge in [-0.2, -0.15) is 0 Å². The average Bonchev–Trinajstić information content (AvgIpc) is 2.91. The van der Waals surface area contributed by atoms with Crippen LogP contribution in [0.15, 0.2) is 51.8 Å². The van der Waals surface area contributed by atoms with Crippen LogP contribution in [0.2, 0.25) is 0 Å². The molecule has 150 valence electrons. The Labute approximate surface area is 181 Å². The predicted molar refractivity (Wildman–Crippen MR) is 115 cm³/mol. The second-order valence-corrected chi connectivity index (χ2v) is 8.04. The number of benzene rings is 2. The lowest BCUT2D eigenvalue weighted by molar-refractivity contribution is -0.132. The highest BCUT2D eigenvalue weighted by Crippen LogP contribution is 2.35. The SMILES string of the molecule is CCOc1cc(/C=C2/SC(=O)N(Cc3cccc(Br)c3)C2=O)ccc1OC(C)=O. The summed E-state index contributed by atoms with van der Waals surface area (Å²) < 4.78 is 11.5. The molecular weight excluding hydrogens is 458 g/mol. The van der Waals surface area contributed by atoms with Crippen molar-refractivity contribution in [3.63, 3.8) is 0 Å². The molecule has 0 spiro atoms. The number of halogens is 1. The van der Waals surface area contributed by atoms with E-state index >= 15 is 0 Å². The summed E-state index contributed by atoms with van der Waals surface area (Å²) in [7, 11) is 0. The van der Waals surface area contributed by atoms with Crippen molar-refractivity contribution in [2.75, 3.05) is 6.61 Å². The molecule has 3 rings (SSSR count). The van der Waals surface area contributed by atoms with Crippen LogP contribution in [0.25, 0.3) is 6.08 Å². The Morgan fingerprint density at radius 3 is 2.66 bits per heavy atom. The lowest BCUT2D eigenvalue weighted by Crippen LogP contribution is -2.27. The summed E-state index contributed by atoms with van der Waals surface area (Å²) in [5.74, 6) is -0.0987. The van der Waals surface area contributed by atoms with Crippen molar-refractivity contribution < 1.29 is 23.9 Å². The minimum absolute atomic E-state index is 0.205. The summed E-state index contributed by atoms with van der Waals surface area (Å²) in [4.78, 5) is 37.9. The summed E-state index contributed by atoms with van der Waals surface area (Å²) in [6.45, 7) is 3.72. The first-order valence-corrected chi connectivity index (χ1v) is 10.4. The third-order valence-electron chi connectivity index (χ3n) is 3.92. The first-order valence-electron chi connectivity index (χ1n) is 8.82. The van der Waals surface area contributed by atoms with Crippen molar-refractivity contribution in [1.29, 1.82) is 0 Å². The minimum atomic E-state index is -0.452. The zero-order valence-electron chi connectivity index (χ0n) is 15.8. The van der Waals surface area contributed by atoms with E-state index in [2.05, 4.69) is 15.9 Å². The molecule has 1 aliphatic heterocycles. The van der Waals surface area contributed by atoms with Crippen molar-refractivity contribution >= 4 is 50.9 Å². The van der Waals surface area contributed by atoms with Gasteiger partial charge in [-0.25, -0.2) is 0 Å². The molecule has 0 bridgehead atoms. The largest absolute Gasteiger partial charge is 0.490 e. The van der Waals surface area contributed by atoms with Crippen LogP contribution in [-0.4, -0.2) is 28.6 Å². The van der Waals surface area contributed by atoms with E-state index in [0.29, 0.717) is 28.6 Å². The molecule has 0 atom stereocenters. The van der Waals surface area contributed by atoms with Crippen molar-refractivity contribution in [1.82, 2.24) is 4.90 Å². The van der Waals surface area contributed by atoms with Gasteiger partial charge in [-0.15, -0.1) is 0 Å². The molecule has 6 nitrogen and oxygen atoms in total. The number of nitrogens with zero attached hydrogens (tertiary/aromatic N) is 1. The molecule has 0 unspecified atom stereocenters. The first-order chi connectivity index (χ1) is 13.9. The molecule has 1 aliphatic rings. The van der Waals surface area contributed by atoms with Crippen LogP contribution in [0.4, 0.5) is 4.79 Å². The molecule has 0 aromatic heterocycles. The summed E-state index contributed by atoms with van der Waals surface area (Å²) in [5, 5.41) is -0.317. The van der Waals surface area contributed by atoms with Gasteiger partial charge >= 0.3 is 5.97 Å². The summed E-state index contributed by atoms with van der Waals surface area (Å²) >= 11 is 4.28. The molecule has 0 radical (unpaired) electrons. The zero-order valence-corrected chi connectivity index (χ0v) is 18.2.